The Kier molecular flexibility index (Phi) is 5.18. The fourth-order valence-electron chi connectivity index (χ4n) is 2.67. The van der Waals surface area contributed by atoms with E-state index in [-0.39, 0.29) is 24.9 Å². The molecule has 126 valence electrons. The Morgan fingerprint density at radius 2 is 2.12 bits per heavy atom. The molecular formula is C17H18ClN3O2S. The zero-order valence-electron chi connectivity index (χ0n) is 13.3. The average Bonchev–Trinajstić information content (AvgIpc) is 2.98. The minimum atomic E-state index is -0.171. The van der Waals surface area contributed by atoms with E-state index in [1.165, 1.54) is 11.3 Å². The number of anilines is 2. The summed E-state index contributed by atoms with van der Waals surface area (Å²) in [4.78, 5) is 29.3. The molecule has 1 N–H and O–H groups in total. The second kappa shape index (κ2) is 7.34. The number of thiophene rings is 1. The molecule has 0 aliphatic carbocycles. The summed E-state index contributed by atoms with van der Waals surface area (Å²) in [6, 6.07) is 11.2. The molecule has 3 rings (SSSR count). The molecule has 1 aliphatic rings. The predicted octanol–water partition coefficient (Wildman–Crippen LogP) is 3.21. The highest BCUT2D eigenvalue weighted by Crippen LogP contribution is 2.29. The highest BCUT2D eigenvalue weighted by Gasteiger charge is 2.27. The van der Waals surface area contributed by atoms with E-state index in [1.54, 1.807) is 11.0 Å². The predicted molar refractivity (Wildman–Crippen MR) is 97.7 cm³/mol. The topological polar surface area (TPSA) is 52.7 Å². The zero-order chi connectivity index (χ0) is 17.1. The highest BCUT2D eigenvalue weighted by molar-refractivity contribution is 7.16. The highest BCUT2D eigenvalue weighted by atomic mass is 35.5. The van der Waals surface area contributed by atoms with Gasteiger partial charge in [-0.3, -0.25) is 19.4 Å². The molecule has 0 spiro atoms. The van der Waals surface area contributed by atoms with Crippen LogP contribution in [0.3, 0.4) is 0 Å². The van der Waals surface area contributed by atoms with E-state index < -0.39 is 0 Å². The van der Waals surface area contributed by atoms with E-state index in [9.17, 15) is 9.59 Å². The van der Waals surface area contributed by atoms with Crippen LogP contribution in [-0.4, -0.2) is 36.3 Å². The molecule has 2 amide bonds. The van der Waals surface area contributed by atoms with Gasteiger partial charge < -0.3 is 5.32 Å². The van der Waals surface area contributed by atoms with Gasteiger partial charge in [0.2, 0.25) is 11.8 Å². The third-order valence-electron chi connectivity index (χ3n) is 3.89. The number of nitrogens with one attached hydrogen (secondary N) is 1. The number of fused-ring (bicyclic) bond motifs is 1. The molecule has 0 atom stereocenters. The number of amides is 2. The van der Waals surface area contributed by atoms with Gasteiger partial charge in [0.05, 0.1) is 22.3 Å². The summed E-state index contributed by atoms with van der Waals surface area (Å²) >= 11 is 7.48. The number of likely N-dealkylation sites (N-methyl/N-ethyl adjacent to an activating group) is 1. The van der Waals surface area contributed by atoms with E-state index in [0.29, 0.717) is 12.2 Å². The van der Waals surface area contributed by atoms with Crippen LogP contribution < -0.4 is 10.2 Å². The van der Waals surface area contributed by atoms with Crippen LogP contribution in [0.15, 0.2) is 36.4 Å². The second-order valence-electron chi connectivity index (χ2n) is 5.55. The van der Waals surface area contributed by atoms with Gasteiger partial charge in [-0.25, -0.2) is 0 Å². The molecule has 2 heterocycles. The lowest BCUT2D eigenvalue weighted by Gasteiger charge is -2.31. The van der Waals surface area contributed by atoms with Crippen LogP contribution in [0.25, 0.3) is 0 Å². The van der Waals surface area contributed by atoms with E-state index >= 15 is 0 Å². The maximum Gasteiger partial charge on any atom is 0.244 e. The van der Waals surface area contributed by atoms with Crippen molar-refractivity contribution >= 4 is 46.1 Å². The first-order chi connectivity index (χ1) is 11.6. The van der Waals surface area contributed by atoms with Crippen LogP contribution in [0.1, 0.15) is 11.8 Å². The first-order valence-corrected chi connectivity index (χ1v) is 8.92. The Labute approximate surface area is 149 Å². The molecule has 0 saturated heterocycles. The van der Waals surface area contributed by atoms with Gasteiger partial charge in [0.25, 0.3) is 0 Å². The summed E-state index contributed by atoms with van der Waals surface area (Å²) in [5.74, 6) is -0.253. The summed E-state index contributed by atoms with van der Waals surface area (Å²) in [7, 11) is 0. The molecule has 24 heavy (non-hydrogen) atoms. The molecule has 0 fully saturated rings. The standard InChI is InChI=1S/C17H18ClN3O2S/c1-2-20(9-12-7-8-15(18)24-12)11-17(23)21-10-16(22)19-13-5-3-4-6-14(13)21/h3-8H,2,9-11H2,1H3,(H,19,22). The molecular weight excluding hydrogens is 346 g/mol. The van der Waals surface area contributed by atoms with Gasteiger partial charge >= 0.3 is 0 Å². The number of hydrogen-bond donors (Lipinski definition) is 1. The fraction of sp³-hybridized carbons (Fsp3) is 0.294. The summed E-state index contributed by atoms with van der Waals surface area (Å²) < 4.78 is 0.744. The SMILES string of the molecule is CCN(CC(=O)N1CC(=O)Nc2ccccc21)Cc1ccc(Cl)s1. The van der Waals surface area contributed by atoms with E-state index in [1.807, 2.05) is 42.2 Å². The number of nitrogens with zero attached hydrogens (tertiary/aromatic N) is 2. The van der Waals surface area contributed by atoms with Gasteiger partial charge in [-0.05, 0) is 30.8 Å². The summed E-state index contributed by atoms with van der Waals surface area (Å²) in [6.07, 6.45) is 0. The molecule has 7 heteroatoms. The smallest absolute Gasteiger partial charge is 0.244 e. The average molecular weight is 364 g/mol. The number of carbonyl (C=O) groups excluding carboxylic acids is 2. The molecule has 0 radical (unpaired) electrons. The number of para-hydroxylation sites is 2. The second-order valence-corrected chi connectivity index (χ2v) is 7.35. The van der Waals surface area contributed by atoms with Crippen LogP contribution in [-0.2, 0) is 16.1 Å². The van der Waals surface area contributed by atoms with Crippen molar-refractivity contribution in [3.05, 3.63) is 45.6 Å². The molecule has 5 nitrogen and oxygen atoms in total. The zero-order valence-corrected chi connectivity index (χ0v) is 14.9. The molecule has 0 unspecified atom stereocenters. The molecule has 0 bridgehead atoms. The maximum atomic E-state index is 12.8. The lowest BCUT2D eigenvalue weighted by atomic mass is 10.2. The summed E-state index contributed by atoms with van der Waals surface area (Å²) in [5.41, 5.74) is 1.42. The molecule has 0 saturated carbocycles. The molecule has 1 aromatic carbocycles. The van der Waals surface area contributed by atoms with Gasteiger partial charge in [0, 0.05) is 11.4 Å². The lowest BCUT2D eigenvalue weighted by molar-refractivity contribution is -0.122. The first kappa shape index (κ1) is 17.0. The lowest BCUT2D eigenvalue weighted by Crippen LogP contribution is -2.46. The number of hydrogen-bond acceptors (Lipinski definition) is 4. The van der Waals surface area contributed by atoms with Crippen molar-refractivity contribution in [2.45, 2.75) is 13.5 Å². The first-order valence-electron chi connectivity index (χ1n) is 7.72. The minimum absolute atomic E-state index is 0.0538. The van der Waals surface area contributed by atoms with Crippen molar-refractivity contribution in [2.75, 3.05) is 29.9 Å². The largest absolute Gasteiger partial charge is 0.323 e. The van der Waals surface area contributed by atoms with Crippen LogP contribution in [0.4, 0.5) is 11.4 Å². The Balaban J connectivity index is 1.72. The van der Waals surface area contributed by atoms with Crippen molar-refractivity contribution in [2.24, 2.45) is 0 Å². The Hall–Kier alpha value is -1.89. The van der Waals surface area contributed by atoms with Crippen molar-refractivity contribution in [1.29, 1.82) is 0 Å². The summed E-state index contributed by atoms with van der Waals surface area (Å²) in [5, 5.41) is 2.80. The number of rotatable bonds is 5. The van der Waals surface area contributed by atoms with Gasteiger partial charge in [-0.1, -0.05) is 30.7 Å². The van der Waals surface area contributed by atoms with Crippen LogP contribution in [0.2, 0.25) is 4.34 Å². The van der Waals surface area contributed by atoms with E-state index in [4.69, 9.17) is 11.6 Å². The number of halogens is 1. The van der Waals surface area contributed by atoms with Gasteiger partial charge in [-0.15, -0.1) is 11.3 Å². The fourth-order valence-corrected chi connectivity index (χ4v) is 3.80. The normalized spacial score (nSPS) is 13.8. The minimum Gasteiger partial charge on any atom is -0.323 e. The van der Waals surface area contributed by atoms with Crippen molar-refractivity contribution in [1.82, 2.24) is 4.90 Å². The Bertz CT molecular complexity index is 762. The quantitative estimate of drug-likeness (QED) is 0.887. The molecule has 1 aromatic heterocycles. The van der Waals surface area contributed by atoms with Gasteiger partial charge in [0.1, 0.15) is 6.54 Å². The number of carbonyl (C=O) groups is 2. The third kappa shape index (κ3) is 3.77. The summed E-state index contributed by atoms with van der Waals surface area (Å²) in [6.45, 7) is 3.73. The van der Waals surface area contributed by atoms with Crippen LogP contribution in [0, 0.1) is 0 Å². The Morgan fingerprint density at radius 3 is 2.83 bits per heavy atom. The third-order valence-corrected chi connectivity index (χ3v) is 5.10. The monoisotopic (exact) mass is 363 g/mol. The molecule has 1 aliphatic heterocycles. The maximum absolute atomic E-state index is 12.8. The van der Waals surface area contributed by atoms with Crippen molar-refractivity contribution < 1.29 is 9.59 Å². The van der Waals surface area contributed by atoms with Crippen molar-refractivity contribution in [3.8, 4) is 0 Å². The van der Waals surface area contributed by atoms with Gasteiger partial charge in [0.15, 0.2) is 0 Å². The van der Waals surface area contributed by atoms with E-state index in [2.05, 4.69) is 5.32 Å². The van der Waals surface area contributed by atoms with Gasteiger partial charge in [-0.2, -0.15) is 0 Å². The van der Waals surface area contributed by atoms with E-state index in [0.717, 1.165) is 21.4 Å². The Morgan fingerprint density at radius 1 is 1.33 bits per heavy atom. The van der Waals surface area contributed by atoms with Crippen molar-refractivity contribution in [3.63, 3.8) is 0 Å². The number of benzene rings is 1. The van der Waals surface area contributed by atoms with Crippen LogP contribution >= 0.6 is 22.9 Å². The molecule has 2 aromatic rings. The van der Waals surface area contributed by atoms with Crippen LogP contribution in [0.5, 0.6) is 0 Å².